The highest BCUT2D eigenvalue weighted by Gasteiger charge is 2.52. The van der Waals surface area contributed by atoms with E-state index in [1.54, 1.807) is 0 Å². The fourth-order valence-electron chi connectivity index (χ4n) is 3.93. The molecule has 26 heavy (non-hydrogen) atoms. The van der Waals surface area contributed by atoms with Gasteiger partial charge in [-0.25, -0.2) is 4.79 Å². The number of halogens is 1. The van der Waals surface area contributed by atoms with Crippen LogP contribution in [0.15, 0.2) is 12.1 Å². The largest absolute Gasteiger partial charge is 0.325 e. The van der Waals surface area contributed by atoms with Crippen LogP contribution in [0.1, 0.15) is 50.7 Å². The Bertz CT molecular complexity index is 757. The zero-order chi connectivity index (χ0) is 18.9. The molecule has 4 amide bonds. The predicted octanol–water partition coefficient (Wildman–Crippen LogP) is 3.27. The maximum absolute atomic E-state index is 12.7. The number of hydrogen-bond donors (Lipinski definition) is 2. The van der Waals surface area contributed by atoms with Crippen molar-refractivity contribution in [1.82, 2.24) is 10.2 Å². The number of carbonyl (C=O) groups is 3. The Morgan fingerprint density at radius 3 is 2.54 bits per heavy atom. The number of rotatable bonds is 5. The van der Waals surface area contributed by atoms with Gasteiger partial charge in [-0.3, -0.25) is 14.5 Å². The van der Waals surface area contributed by atoms with Crippen LogP contribution < -0.4 is 10.6 Å². The Balaban J connectivity index is 1.77. The SMILES string of the molecule is CCc1ccc(Cl)c(CC)c1NC(=O)CN1C(=O)NC2(CCCC2)C1=O. The van der Waals surface area contributed by atoms with Gasteiger partial charge in [0, 0.05) is 10.7 Å². The summed E-state index contributed by atoms with van der Waals surface area (Å²) in [6, 6.07) is 3.23. The third kappa shape index (κ3) is 3.18. The van der Waals surface area contributed by atoms with E-state index < -0.39 is 17.5 Å². The lowest BCUT2D eigenvalue weighted by atomic mass is 9.98. The van der Waals surface area contributed by atoms with Crippen molar-refractivity contribution < 1.29 is 14.4 Å². The summed E-state index contributed by atoms with van der Waals surface area (Å²) < 4.78 is 0. The third-order valence-electron chi connectivity index (χ3n) is 5.35. The normalized spacial score (nSPS) is 18.5. The smallest absolute Gasteiger partial charge is 0.324 e. The Hall–Kier alpha value is -2.08. The van der Waals surface area contributed by atoms with Gasteiger partial charge in [-0.05, 0) is 42.9 Å². The topological polar surface area (TPSA) is 78.5 Å². The number of aryl methyl sites for hydroxylation is 1. The number of hydrogen-bond acceptors (Lipinski definition) is 3. The second kappa shape index (κ2) is 7.27. The van der Waals surface area contributed by atoms with Crippen LogP contribution in [0, 0.1) is 0 Å². The third-order valence-corrected chi connectivity index (χ3v) is 5.70. The molecule has 0 unspecified atom stereocenters. The number of nitrogens with zero attached hydrogens (tertiary/aromatic N) is 1. The quantitative estimate of drug-likeness (QED) is 0.773. The highest BCUT2D eigenvalue weighted by atomic mass is 35.5. The average molecular weight is 378 g/mol. The van der Waals surface area contributed by atoms with Crippen LogP contribution >= 0.6 is 11.6 Å². The summed E-state index contributed by atoms with van der Waals surface area (Å²) in [6.45, 7) is 3.68. The Morgan fingerprint density at radius 2 is 1.92 bits per heavy atom. The lowest BCUT2D eigenvalue weighted by Gasteiger charge is -2.20. The van der Waals surface area contributed by atoms with E-state index in [9.17, 15) is 14.4 Å². The highest BCUT2D eigenvalue weighted by Crippen LogP contribution is 2.35. The molecule has 2 fully saturated rings. The molecule has 1 aromatic carbocycles. The van der Waals surface area contributed by atoms with Gasteiger partial charge >= 0.3 is 6.03 Å². The van der Waals surface area contributed by atoms with Gasteiger partial charge in [-0.15, -0.1) is 0 Å². The Labute approximate surface area is 158 Å². The molecule has 140 valence electrons. The molecular formula is C19H24ClN3O3. The summed E-state index contributed by atoms with van der Waals surface area (Å²) >= 11 is 6.26. The minimum absolute atomic E-state index is 0.285. The van der Waals surface area contributed by atoms with Crippen LogP contribution in [0.3, 0.4) is 0 Å². The molecule has 0 radical (unpaired) electrons. The Morgan fingerprint density at radius 1 is 1.23 bits per heavy atom. The number of benzene rings is 1. The molecule has 0 bridgehead atoms. The highest BCUT2D eigenvalue weighted by molar-refractivity contribution is 6.32. The number of imide groups is 1. The summed E-state index contributed by atoms with van der Waals surface area (Å²) in [4.78, 5) is 38.5. The second-order valence-electron chi connectivity index (χ2n) is 6.93. The van der Waals surface area contributed by atoms with Crippen molar-refractivity contribution in [3.63, 3.8) is 0 Å². The summed E-state index contributed by atoms with van der Waals surface area (Å²) in [5.41, 5.74) is 1.74. The van der Waals surface area contributed by atoms with Gasteiger partial charge in [0.25, 0.3) is 5.91 Å². The van der Waals surface area contributed by atoms with Gasteiger partial charge in [-0.2, -0.15) is 0 Å². The molecule has 1 spiro atoms. The lowest BCUT2D eigenvalue weighted by Crippen LogP contribution is -2.44. The minimum Gasteiger partial charge on any atom is -0.324 e. The number of urea groups is 1. The van der Waals surface area contributed by atoms with Gasteiger partial charge in [0.2, 0.25) is 5.91 Å². The molecule has 1 aliphatic carbocycles. The van der Waals surface area contributed by atoms with Crippen molar-refractivity contribution in [2.45, 2.75) is 57.9 Å². The lowest BCUT2D eigenvalue weighted by molar-refractivity contribution is -0.133. The molecule has 1 aliphatic heterocycles. The monoisotopic (exact) mass is 377 g/mol. The molecular weight excluding hydrogens is 354 g/mol. The van der Waals surface area contributed by atoms with E-state index >= 15 is 0 Å². The molecule has 1 saturated carbocycles. The van der Waals surface area contributed by atoms with Crippen molar-refractivity contribution in [3.8, 4) is 0 Å². The molecule has 2 N–H and O–H groups in total. The standard InChI is InChI=1S/C19H24ClN3O3/c1-3-12-7-8-14(20)13(4-2)16(12)21-15(24)11-23-17(25)19(22-18(23)26)9-5-6-10-19/h7-8H,3-6,9-11H2,1-2H3,(H,21,24)(H,22,26). The number of anilines is 1. The molecule has 3 rings (SSSR count). The van der Waals surface area contributed by atoms with Gasteiger partial charge in [-0.1, -0.05) is 44.4 Å². The first-order valence-electron chi connectivity index (χ1n) is 9.16. The Kier molecular flexibility index (Phi) is 5.23. The number of carbonyl (C=O) groups excluding carboxylic acids is 3. The van der Waals surface area contributed by atoms with E-state index in [-0.39, 0.29) is 12.5 Å². The molecule has 7 heteroatoms. The summed E-state index contributed by atoms with van der Waals surface area (Å²) in [6.07, 6.45) is 4.52. The van der Waals surface area contributed by atoms with Crippen molar-refractivity contribution in [2.75, 3.05) is 11.9 Å². The second-order valence-corrected chi connectivity index (χ2v) is 7.33. The zero-order valence-corrected chi connectivity index (χ0v) is 15.9. The first kappa shape index (κ1) is 18.7. The molecule has 6 nitrogen and oxygen atoms in total. The molecule has 1 heterocycles. The maximum atomic E-state index is 12.7. The minimum atomic E-state index is -0.795. The molecule has 0 aromatic heterocycles. The van der Waals surface area contributed by atoms with E-state index in [4.69, 9.17) is 11.6 Å². The fourth-order valence-corrected chi connectivity index (χ4v) is 4.22. The van der Waals surface area contributed by atoms with Gasteiger partial charge in [0.15, 0.2) is 0 Å². The first-order valence-corrected chi connectivity index (χ1v) is 9.54. The first-order chi connectivity index (χ1) is 12.4. The van der Waals surface area contributed by atoms with Crippen molar-refractivity contribution in [1.29, 1.82) is 0 Å². The van der Waals surface area contributed by atoms with Crippen LogP contribution in [-0.4, -0.2) is 34.8 Å². The zero-order valence-electron chi connectivity index (χ0n) is 15.2. The van der Waals surface area contributed by atoms with E-state index in [1.165, 1.54) is 0 Å². The van der Waals surface area contributed by atoms with E-state index in [2.05, 4.69) is 10.6 Å². The summed E-state index contributed by atoms with van der Waals surface area (Å²) in [7, 11) is 0. The van der Waals surface area contributed by atoms with E-state index in [0.717, 1.165) is 35.3 Å². The molecule has 0 atom stereocenters. The molecule has 1 aromatic rings. The number of amides is 4. The van der Waals surface area contributed by atoms with Gasteiger partial charge in [0.1, 0.15) is 12.1 Å². The van der Waals surface area contributed by atoms with Crippen LogP contribution in [0.25, 0.3) is 0 Å². The van der Waals surface area contributed by atoms with Crippen LogP contribution in [0.4, 0.5) is 10.5 Å². The van der Waals surface area contributed by atoms with E-state index in [1.807, 2.05) is 26.0 Å². The van der Waals surface area contributed by atoms with E-state index in [0.29, 0.717) is 30.0 Å². The van der Waals surface area contributed by atoms with Gasteiger partial charge < -0.3 is 10.6 Å². The summed E-state index contributed by atoms with van der Waals surface area (Å²) in [5.74, 6) is -0.678. The van der Waals surface area contributed by atoms with Crippen LogP contribution in [-0.2, 0) is 22.4 Å². The predicted molar refractivity (Wildman–Crippen MR) is 100 cm³/mol. The van der Waals surface area contributed by atoms with Crippen molar-refractivity contribution in [2.24, 2.45) is 0 Å². The molecule has 1 saturated heterocycles. The van der Waals surface area contributed by atoms with Crippen LogP contribution in [0.5, 0.6) is 0 Å². The van der Waals surface area contributed by atoms with Crippen LogP contribution in [0.2, 0.25) is 5.02 Å². The average Bonchev–Trinajstić information content (AvgIpc) is 3.16. The maximum Gasteiger partial charge on any atom is 0.325 e. The summed E-state index contributed by atoms with van der Waals surface area (Å²) in [5, 5.41) is 6.26. The van der Waals surface area contributed by atoms with Crippen molar-refractivity contribution in [3.05, 3.63) is 28.3 Å². The van der Waals surface area contributed by atoms with Gasteiger partial charge in [0.05, 0.1) is 0 Å². The number of nitrogens with one attached hydrogen (secondary N) is 2. The fraction of sp³-hybridized carbons (Fsp3) is 0.526. The van der Waals surface area contributed by atoms with Crippen molar-refractivity contribution >= 4 is 35.1 Å². The molecule has 2 aliphatic rings.